The van der Waals surface area contributed by atoms with Crippen LogP contribution >= 0.6 is 0 Å². The molecule has 0 aliphatic carbocycles. The lowest BCUT2D eigenvalue weighted by atomic mass is 10.0. The summed E-state index contributed by atoms with van der Waals surface area (Å²) in [5.41, 5.74) is 0. The Morgan fingerprint density at radius 3 is 1.24 bits per heavy atom. The second-order valence-corrected chi connectivity index (χ2v) is 10.6. The predicted molar refractivity (Wildman–Crippen MR) is 125 cm³/mol. The number of hydrogen-bond donors (Lipinski definition) is 2. The van der Waals surface area contributed by atoms with Gasteiger partial charge < -0.3 is 5.11 Å². The molecule has 0 aliphatic heterocycles. The minimum atomic E-state index is -3.91. The highest BCUT2D eigenvalue weighted by Crippen LogP contribution is 2.19. The van der Waals surface area contributed by atoms with Gasteiger partial charge in [0.15, 0.2) is 0 Å². The van der Waals surface area contributed by atoms with Gasteiger partial charge in [0.25, 0.3) is 10.1 Å². The standard InChI is InChI=1S/C24H50O4S/c1-3-5-7-9-10-12-15-19-23(25)20-16-13-11-14-18-22-24(29(26,27)28)21-17-8-6-4-2/h23-25H,3-22H2,1-2H3,(H,26,27,28). The first-order valence-corrected chi connectivity index (χ1v) is 14.1. The normalized spacial score (nSPS) is 14.2. The van der Waals surface area contributed by atoms with E-state index in [0.29, 0.717) is 12.8 Å². The van der Waals surface area contributed by atoms with Gasteiger partial charge in [-0.2, -0.15) is 8.42 Å². The van der Waals surface area contributed by atoms with E-state index >= 15 is 0 Å². The first-order chi connectivity index (χ1) is 13.9. The largest absolute Gasteiger partial charge is 0.393 e. The second kappa shape index (κ2) is 19.8. The van der Waals surface area contributed by atoms with Crippen molar-refractivity contribution in [2.24, 2.45) is 0 Å². The van der Waals surface area contributed by atoms with E-state index in [1.165, 1.54) is 38.5 Å². The fraction of sp³-hybridized carbons (Fsp3) is 1.00. The minimum absolute atomic E-state index is 0.155. The average molecular weight is 435 g/mol. The van der Waals surface area contributed by atoms with Gasteiger partial charge in [0, 0.05) is 0 Å². The Kier molecular flexibility index (Phi) is 19.7. The zero-order valence-corrected chi connectivity index (χ0v) is 20.2. The van der Waals surface area contributed by atoms with E-state index in [4.69, 9.17) is 0 Å². The van der Waals surface area contributed by atoms with E-state index in [1.807, 2.05) is 0 Å². The van der Waals surface area contributed by atoms with Crippen molar-refractivity contribution < 1.29 is 18.1 Å². The zero-order valence-electron chi connectivity index (χ0n) is 19.4. The molecule has 29 heavy (non-hydrogen) atoms. The molecule has 0 amide bonds. The Morgan fingerprint density at radius 1 is 0.552 bits per heavy atom. The SMILES string of the molecule is CCCCCCCCCC(O)CCCCCCCC(CCCCCC)S(=O)(=O)O. The number of aliphatic hydroxyl groups excluding tert-OH is 1. The quantitative estimate of drug-likeness (QED) is 0.137. The van der Waals surface area contributed by atoms with E-state index in [9.17, 15) is 18.1 Å². The van der Waals surface area contributed by atoms with Crippen molar-refractivity contribution in [1.82, 2.24) is 0 Å². The van der Waals surface area contributed by atoms with E-state index < -0.39 is 15.4 Å². The lowest BCUT2D eigenvalue weighted by Crippen LogP contribution is -2.20. The van der Waals surface area contributed by atoms with Crippen molar-refractivity contribution in [2.75, 3.05) is 0 Å². The van der Waals surface area contributed by atoms with Gasteiger partial charge in [0.1, 0.15) is 0 Å². The van der Waals surface area contributed by atoms with Crippen LogP contribution in [0, 0.1) is 0 Å². The van der Waals surface area contributed by atoms with E-state index in [0.717, 1.165) is 77.0 Å². The summed E-state index contributed by atoms with van der Waals surface area (Å²) in [5.74, 6) is 0. The molecule has 2 atom stereocenters. The molecule has 2 N–H and O–H groups in total. The van der Waals surface area contributed by atoms with Crippen molar-refractivity contribution in [3.05, 3.63) is 0 Å². The maximum absolute atomic E-state index is 11.5. The Balaban J connectivity index is 3.61. The Morgan fingerprint density at radius 2 is 0.862 bits per heavy atom. The van der Waals surface area contributed by atoms with Crippen molar-refractivity contribution in [1.29, 1.82) is 0 Å². The van der Waals surface area contributed by atoms with Crippen LogP contribution < -0.4 is 0 Å². The highest BCUT2D eigenvalue weighted by molar-refractivity contribution is 7.86. The summed E-state index contributed by atoms with van der Waals surface area (Å²) < 4.78 is 32.5. The maximum Gasteiger partial charge on any atom is 0.267 e. The lowest BCUT2D eigenvalue weighted by Gasteiger charge is -2.14. The van der Waals surface area contributed by atoms with Crippen LogP contribution in [0.1, 0.15) is 142 Å². The van der Waals surface area contributed by atoms with Crippen LogP contribution in [0.2, 0.25) is 0 Å². The van der Waals surface area contributed by atoms with E-state index in [1.54, 1.807) is 0 Å². The van der Waals surface area contributed by atoms with Gasteiger partial charge in [-0.1, -0.05) is 117 Å². The van der Waals surface area contributed by atoms with Gasteiger partial charge in [0.05, 0.1) is 11.4 Å². The maximum atomic E-state index is 11.5. The van der Waals surface area contributed by atoms with Crippen LogP contribution in [-0.4, -0.2) is 29.4 Å². The minimum Gasteiger partial charge on any atom is -0.393 e. The molecule has 0 saturated carbocycles. The predicted octanol–water partition coefficient (Wildman–Crippen LogP) is 7.45. The fourth-order valence-electron chi connectivity index (χ4n) is 4.00. The Bertz CT molecular complexity index is 436. The molecule has 0 fully saturated rings. The Hall–Kier alpha value is -0.130. The zero-order chi connectivity index (χ0) is 21.8. The molecule has 0 saturated heterocycles. The summed E-state index contributed by atoms with van der Waals surface area (Å²) in [6, 6.07) is 0. The highest BCUT2D eigenvalue weighted by Gasteiger charge is 2.21. The number of unbranched alkanes of at least 4 members (excludes halogenated alkanes) is 13. The molecule has 2 unspecified atom stereocenters. The fourth-order valence-corrected chi connectivity index (χ4v) is 4.93. The molecule has 0 heterocycles. The lowest BCUT2D eigenvalue weighted by molar-refractivity contribution is 0.147. The molecule has 0 aromatic carbocycles. The molecule has 0 spiro atoms. The molecule has 0 radical (unpaired) electrons. The summed E-state index contributed by atoms with van der Waals surface area (Å²) in [6.07, 6.45) is 21.1. The smallest absolute Gasteiger partial charge is 0.267 e. The van der Waals surface area contributed by atoms with E-state index in [-0.39, 0.29) is 6.10 Å². The molecule has 0 bridgehead atoms. The average Bonchev–Trinajstić information content (AvgIpc) is 2.67. The number of hydrogen-bond acceptors (Lipinski definition) is 3. The van der Waals surface area contributed by atoms with Gasteiger partial charge in [0.2, 0.25) is 0 Å². The van der Waals surface area contributed by atoms with Crippen LogP contribution in [0.5, 0.6) is 0 Å². The summed E-state index contributed by atoms with van der Waals surface area (Å²) >= 11 is 0. The molecular formula is C24H50O4S. The molecule has 176 valence electrons. The van der Waals surface area contributed by atoms with Gasteiger partial charge >= 0.3 is 0 Å². The first kappa shape index (κ1) is 28.9. The van der Waals surface area contributed by atoms with Crippen LogP contribution in [0.3, 0.4) is 0 Å². The number of aliphatic hydroxyl groups is 1. The molecule has 0 aromatic rings. The topological polar surface area (TPSA) is 74.6 Å². The van der Waals surface area contributed by atoms with Crippen LogP contribution in [-0.2, 0) is 10.1 Å². The van der Waals surface area contributed by atoms with Crippen molar-refractivity contribution in [3.8, 4) is 0 Å². The second-order valence-electron chi connectivity index (χ2n) is 8.90. The molecule has 0 aliphatic rings. The van der Waals surface area contributed by atoms with Gasteiger partial charge in [-0.15, -0.1) is 0 Å². The van der Waals surface area contributed by atoms with Crippen molar-refractivity contribution >= 4 is 10.1 Å². The van der Waals surface area contributed by atoms with Crippen LogP contribution in [0.25, 0.3) is 0 Å². The summed E-state index contributed by atoms with van der Waals surface area (Å²) in [4.78, 5) is 0. The van der Waals surface area contributed by atoms with Crippen LogP contribution in [0.4, 0.5) is 0 Å². The summed E-state index contributed by atoms with van der Waals surface area (Å²) in [7, 11) is -3.91. The van der Waals surface area contributed by atoms with E-state index in [2.05, 4.69) is 13.8 Å². The van der Waals surface area contributed by atoms with Crippen molar-refractivity contribution in [3.63, 3.8) is 0 Å². The summed E-state index contributed by atoms with van der Waals surface area (Å²) in [6.45, 7) is 4.37. The monoisotopic (exact) mass is 434 g/mol. The third-order valence-electron chi connectivity index (χ3n) is 6.01. The summed E-state index contributed by atoms with van der Waals surface area (Å²) in [5, 5.41) is 9.50. The van der Waals surface area contributed by atoms with Gasteiger partial charge in [-0.05, 0) is 25.7 Å². The molecule has 0 rings (SSSR count). The van der Waals surface area contributed by atoms with Crippen LogP contribution in [0.15, 0.2) is 0 Å². The van der Waals surface area contributed by atoms with Gasteiger partial charge in [-0.3, -0.25) is 4.55 Å². The molecule has 0 aromatic heterocycles. The first-order valence-electron chi connectivity index (χ1n) is 12.6. The third kappa shape index (κ3) is 19.6. The number of rotatable bonds is 22. The molecule has 4 nitrogen and oxygen atoms in total. The third-order valence-corrected chi connectivity index (χ3v) is 7.32. The van der Waals surface area contributed by atoms with Gasteiger partial charge in [-0.25, -0.2) is 0 Å². The van der Waals surface area contributed by atoms with Crippen molar-refractivity contribution in [2.45, 2.75) is 154 Å². The Labute approximate surface area is 182 Å². The molecule has 5 heteroatoms. The highest BCUT2D eigenvalue weighted by atomic mass is 32.2. The molecular weight excluding hydrogens is 384 g/mol.